The summed E-state index contributed by atoms with van der Waals surface area (Å²) >= 11 is 0. The third kappa shape index (κ3) is 3.18. The van der Waals surface area contributed by atoms with Crippen LogP contribution in [0.5, 0.6) is 0 Å². The lowest BCUT2D eigenvalue weighted by molar-refractivity contribution is 0.0992. The number of Topliss-reactive ketones (excluding diaryl/α,β-unsaturated/α-hetero) is 1. The van der Waals surface area contributed by atoms with E-state index in [4.69, 9.17) is 4.42 Å². The van der Waals surface area contributed by atoms with Gasteiger partial charge in [0.1, 0.15) is 5.69 Å². The van der Waals surface area contributed by atoms with Crippen LogP contribution in [0.15, 0.2) is 65.4 Å². The van der Waals surface area contributed by atoms with Crippen LogP contribution >= 0.6 is 0 Å². The molecular formula is C18H14N2O3. The third-order valence-corrected chi connectivity index (χ3v) is 3.35. The van der Waals surface area contributed by atoms with E-state index in [1.807, 2.05) is 30.3 Å². The first-order valence-corrected chi connectivity index (χ1v) is 7.06. The van der Waals surface area contributed by atoms with Crippen LogP contribution in [-0.2, 0) is 0 Å². The number of aromatic nitrogens is 1. The van der Waals surface area contributed by atoms with Gasteiger partial charge in [0.15, 0.2) is 12.2 Å². The second-order valence-electron chi connectivity index (χ2n) is 4.99. The van der Waals surface area contributed by atoms with Gasteiger partial charge in [-0.3, -0.25) is 9.59 Å². The predicted molar refractivity (Wildman–Crippen MR) is 86.3 cm³/mol. The normalized spacial score (nSPS) is 10.3. The number of nitrogens with zero attached hydrogens (tertiary/aromatic N) is 1. The average Bonchev–Trinajstić information content (AvgIpc) is 3.05. The standard InChI is InChI=1S/C18H14N2O3/c1-12(21)14-8-5-9-15(10-14)20-18(22)17-16(19-11-23-17)13-6-3-2-4-7-13/h2-11H,1H3,(H,20,22). The first-order chi connectivity index (χ1) is 11.1. The van der Waals surface area contributed by atoms with E-state index in [2.05, 4.69) is 10.3 Å². The molecule has 0 unspecified atom stereocenters. The van der Waals surface area contributed by atoms with Gasteiger partial charge < -0.3 is 9.73 Å². The zero-order chi connectivity index (χ0) is 16.2. The second-order valence-corrected chi connectivity index (χ2v) is 4.99. The zero-order valence-corrected chi connectivity index (χ0v) is 12.4. The van der Waals surface area contributed by atoms with Crippen LogP contribution in [0.2, 0.25) is 0 Å². The van der Waals surface area contributed by atoms with E-state index in [-0.39, 0.29) is 11.5 Å². The molecule has 0 aliphatic rings. The van der Waals surface area contributed by atoms with Crippen molar-refractivity contribution in [1.29, 1.82) is 0 Å². The van der Waals surface area contributed by atoms with Crippen molar-refractivity contribution in [2.75, 3.05) is 5.32 Å². The van der Waals surface area contributed by atoms with Gasteiger partial charge in [-0.05, 0) is 19.1 Å². The average molecular weight is 306 g/mol. The van der Waals surface area contributed by atoms with Crippen molar-refractivity contribution in [2.45, 2.75) is 6.92 Å². The summed E-state index contributed by atoms with van der Waals surface area (Å²) in [5, 5.41) is 2.72. The Labute approximate surface area is 133 Å². The molecule has 0 radical (unpaired) electrons. The third-order valence-electron chi connectivity index (χ3n) is 3.35. The highest BCUT2D eigenvalue weighted by atomic mass is 16.3. The fourth-order valence-electron chi connectivity index (χ4n) is 2.21. The van der Waals surface area contributed by atoms with Gasteiger partial charge >= 0.3 is 0 Å². The molecule has 5 nitrogen and oxygen atoms in total. The van der Waals surface area contributed by atoms with Crippen molar-refractivity contribution < 1.29 is 14.0 Å². The molecule has 3 rings (SSSR count). The number of carbonyl (C=O) groups is 2. The summed E-state index contributed by atoms with van der Waals surface area (Å²) in [6.07, 6.45) is 1.24. The molecule has 114 valence electrons. The Morgan fingerprint density at radius 1 is 1.04 bits per heavy atom. The summed E-state index contributed by atoms with van der Waals surface area (Å²) in [7, 11) is 0. The predicted octanol–water partition coefficient (Wildman–Crippen LogP) is 3.80. The molecule has 0 fully saturated rings. The van der Waals surface area contributed by atoms with E-state index in [0.717, 1.165) is 5.56 Å². The number of benzene rings is 2. The molecule has 0 bridgehead atoms. The Morgan fingerprint density at radius 3 is 2.57 bits per heavy atom. The molecule has 2 aromatic carbocycles. The van der Waals surface area contributed by atoms with Gasteiger partial charge in [-0.15, -0.1) is 0 Å². The summed E-state index contributed by atoms with van der Waals surface area (Å²) < 4.78 is 5.24. The molecule has 5 heteroatoms. The Kier molecular flexibility index (Phi) is 4.01. The van der Waals surface area contributed by atoms with Crippen LogP contribution in [-0.4, -0.2) is 16.7 Å². The number of anilines is 1. The number of ketones is 1. The SMILES string of the molecule is CC(=O)c1cccc(NC(=O)c2ocnc2-c2ccccc2)c1. The maximum Gasteiger partial charge on any atom is 0.293 e. The number of oxazole rings is 1. The molecule has 3 aromatic rings. The molecule has 0 aliphatic carbocycles. The summed E-state index contributed by atoms with van der Waals surface area (Å²) in [5.41, 5.74) is 2.33. The maximum atomic E-state index is 12.4. The van der Waals surface area contributed by atoms with Crippen LogP contribution in [0.25, 0.3) is 11.3 Å². The number of amides is 1. The number of hydrogen-bond donors (Lipinski definition) is 1. The number of hydrogen-bond acceptors (Lipinski definition) is 4. The monoisotopic (exact) mass is 306 g/mol. The van der Waals surface area contributed by atoms with Crippen molar-refractivity contribution in [3.05, 3.63) is 72.3 Å². The van der Waals surface area contributed by atoms with Gasteiger partial charge in [0, 0.05) is 16.8 Å². The van der Waals surface area contributed by atoms with Gasteiger partial charge in [-0.1, -0.05) is 42.5 Å². The van der Waals surface area contributed by atoms with Gasteiger partial charge in [-0.2, -0.15) is 0 Å². The Bertz CT molecular complexity index is 853. The number of carbonyl (C=O) groups excluding carboxylic acids is 2. The van der Waals surface area contributed by atoms with E-state index in [1.165, 1.54) is 13.3 Å². The van der Waals surface area contributed by atoms with E-state index in [0.29, 0.717) is 16.9 Å². The van der Waals surface area contributed by atoms with Crippen LogP contribution in [0, 0.1) is 0 Å². The summed E-state index contributed by atoms with van der Waals surface area (Å²) in [6, 6.07) is 16.1. The quantitative estimate of drug-likeness (QED) is 0.744. The molecule has 0 aliphatic heterocycles. The molecule has 0 spiro atoms. The second kappa shape index (κ2) is 6.27. The molecule has 0 atom stereocenters. The molecule has 1 N–H and O–H groups in total. The minimum atomic E-state index is -0.415. The van der Waals surface area contributed by atoms with Crippen molar-refractivity contribution >= 4 is 17.4 Å². The van der Waals surface area contributed by atoms with E-state index in [9.17, 15) is 9.59 Å². The van der Waals surface area contributed by atoms with E-state index >= 15 is 0 Å². The highest BCUT2D eigenvalue weighted by Crippen LogP contribution is 2.23. The molecule has 1 amide bonds. The maximum absolute atomic E-state index is 12.4. The van der Waals surface area contributed by atoms with Crippen molar-refractivity contribution in [2.24, 2.45) is 0 Å². The molecule has 23 heavy (non-hydrogen) atoms. The number of rotatable bonds is 4. The van der Waals surface area contributed by atoms with E-state index < -0.39 is 5.91 Å². The van der Waals surface area contributed by atoms with Crippen LogP contribution in [0.3, 0.4) is 0 Å². The summed E-state index contributed by atoms with van der Waals surface area (Å²) in [6.45, 7) is 1.48. The lowest BCUT2D eigenvalue weighted by Crippen LogP contribution is -2.12. The van der Waals surface area contributed by atoms with Gasteiger partial charge in [-0.25, -0.2) is 4.98 Å². The van der Waals surface area contributed by atoms with Crippen molar-refractivity contribution in [1.82, 2.24) is 4.98 Å². The highest BCUT2D eigenvalue weighted by Gasteiger charge is 2.18. The fraction of sp³-hybridized carbons (Fsp3) is 0.0556. The molecule has 0 saturated heterocycles. The van der Waals surface area contributed by atoms with Crippen LogP contribution in [0.1, 0.15) is 27.8 Å². The minimum Gasteiger partial charge on any atom is -0.438 e. The first-order valence-electron chi connectivity index (χ1n) is 7.06. The van der Waals surface area contributed by atoms with E-state index in [1.54, 1.807) is 24.3 Å². The number of nitrogens with one attached hydrogen (secondary N) is 1. The summed E-state index contributed by atoms with van der Waals surface area (Å²) in [5.74, 6) is -0.350. The molecule has 1 heterocycles. The molecule has 1 aromatic heterocycles. The van der Waals surface area contributed by atoms with Crippen LogP contribution in [0.4, 0.5) is 5.69 Å². The van der Waals surface area contributed by atoms with Crippen LogP contribution < -0.4 is 5.32 Å². The molecular weight excluding hydrogens is 292 g/mol. The smallest absolute Gasteiger partial charge is 0.293 e. The van der Waals surface area contributed by atoms with Crippen molar-refractivity contribution in [3.8, 4) is 11.3 Å². The lowest BCUT2D eigenvalue weighted by atomic mass is 10.1. The minimum absolute atomic E-state index is 0.0641. The first kappa shape index (κ1) is 14.7. The topological polar surface area (TPSA) is 72.2 Å². The summed E-state index contributed by atoms with van der Waals surface area (Å²) in [4.78, 5) is 27.9. The lowest BCUT2D eigenvalue weighted by Gasteiger charge is -2.06. The zero-order valence-electron chi connectivity index (χ0n) is 12.4. The van der Waals surface area contributed by atoms with Gasteiger partial charge in [0.2, 0.25) is 5.76 Å². The largest absolute Gasteiger partial charge is 0.438 e. The van der Waals surface area contributed by atoms with Crippen molar-refractivity contribution in [3.63, 3.8) is 0 Å². The Balaban J connectivity index is 1.87. The highest BCUT2D eigenvalue weighted by molar-refractivity contribution is 6.06. The Morgan fingerprint density at radius 2 is 1.83 bits per heavy atom. The van der Waals surface area contributed by atoms with Gasteiger partial charge in [0.05, 0.1) is 0 Å². The molecule has 0 saturated carbocycles. The fourth-order valence-corrected chi connectivity index (χ4v) is 2.21. The van der Waals surface area contributed by atoms with Gasteiger partial charge in [0.25, 0.3) is 5.91 Å². The Hall–Kier alpha value is -3.21.